The van der Waals surface area contributed by atoms with Crippen molar-refractivity contribution in [2.75, 3.05) is 32.7 Å². The van der Waals surface area contributed by atoms with E-state index in [0.29, 0.717) is 18.0 Å². The van der Waals surface area contributed by atoms with E-state index in [1.807, 2.05) is 0 Å². The van der Waals surface area contributed by atoms with Crippen LogP contribution in [0.1, 0.15) is 200 Å². The number of thioether (sulfide) groups is 1. The van der Waals surface area contributed by atoms with Crippen molar-refractivity contribution in [1.82, 2.24) is 4.57 Å². The van der Waals surface area contributed by atoms with E-state index in [9.17, 15) is 4.79 Å². The van der Waals surface area contributed by atoms with Gasteiger partial charge in [0.05, 0.1) is 15.8 Å². The third kappa shape index (κ3) is 29.9. The Kier molecular flexibility index (Phi) is 32.6. The summed E-state index contributed by atoms with van der Waals surface area (Å²) in [5.74, 6) is 1.01. The third-order valence-electron chi connectivity index (χ3n) is 9.83. The lowest BCUT2D eigenvalue weighted by Crippen LogP contribution is -2.34. The summed E-state index contributed by atoms with van der Waals surface area (Å²) in [6, 6.07) is 0. The van der Waals surface area contributed by atoms with Crippen LogP contribution < -0.4 is 0 Å². The van der Waals surface area contributed by atoms with Crippen molar-refractivity contribution in [2.45, 2.75) is 212 Å². The van der Waals surface area contributed by atoms with Crippen LogP contribution in [0.5, 0.6) is 0 Å². The lowest BCUT2D eigenvalue weighted by atomic mass is 10.0. The average molecular weight is 670 g/mol. The van der Waals surface area contributed by atoms with Crippen LogP contribution in [0.2, 0.25) is 5.54 Å². The van der Waals surface area contributed by atoms with E-state index in [1.165, 1.54) is 167 Å². The SMILES string of the molecule is CCCCCCCCCCCCCCCC(=O)SCCCC1CCC(OCOCCCCCCCCCCCC)CCN(C)[SiH2]1. The molecule has 2 atom stereocenters. The van der Waals surface area contributed by atoms with E-state index in [1.54, 1.807) is 11.8 Å². The van der Waals surface area contributed by atoms with E-state index in [2.05, 4.69) is 25.5 Å². The number of carbonyl (C=O) groups excluding carboxylic acids is 1. The highest BCUT2D eigenvalue weighted by Gasteiger charge is 2.21. The Morgan fingerprint density at radius 3 is 1.73 bits per heavy atom. The zero-order valence-electron chi connectivity index (χ0n) is 30.8. The lowest BCUT2D eigenvalue weighted by molar-refractivity contribution is -0.111. The first-order valence-corrected chi connectivity index (χ1v) is 22.6. The second kappa shape index (κ2) is 34.0. The second-order valence-corrected chi connectivity index (χ2v) is 18.1. The molecule has 0 aromatic carbocycles. The Hall–Kier alpha value is 0.117. The number of hydrogen-bond acceptors (Lipinski definition) is 5. The molecule has 2 unspecified atom stereocenters. The average Bonchev–Trinajstić information content (AvgIpc) is 3.03. The van der Waals surface area contributed by atoms with Gasteiger partial charge in [0.2, 0.25) is 0 Å². The van der Waals surface area contributed by atoms with Gasteiger partial charge in [0, 0.05) is 18.8 Å². The van der Waals surface area contributed by atoms with Crippen molar-refractivity contribution < 1.29 is 14.3 Å². The smallest absolute Gasteiger partial charge is 0.188 e. The minimum atomic E-state index is -0.207. The standard InChI is InChI=1S/C39H79NO3SSi/c1-4-6-8-10-12-14-16-17-18-19-21-23-25-29-39(41)44-35-27-28-38-31-30-37(32-33-40(3)45-38)43-36-42-34-26-24-22-20-15-13-11-9-7-5-2/h37-38H,4-36,45H2,1-3H3. The quantitative estimate of drug-likeness (QED) is 0.0405. The monoisotopic (exact) mass is 670 g/mol. The summed E-state index contributed by atoms with van der Waals surface area (Å²) < 4.78 is 14.7. The highest BCUT2D eigenvalue weighted by Crippen LogP contribution is 2.26. The molecule has 0 spiro atoms. The van der Waals surface area contributed by atoms with Crippen LogP contribution in [0.3, 0.4) is 0 Å². The van der Waals surface area contributed by atoms with Gasteiger partial charge in [-0.05, 0) is 57.7 Å². The molecule has 0 aromatic heterocycles. The fourth-order valence-corrected chi connectivity index (χ4v) is 9.73. The summed E-state index contributed by atoms with van der Waals surface area (Å²) in [4.78, 5) is 12.4. The van der Waals surface area contributed by atoms with Crippen LogP contribution in [-0.4, -0.2) is 58.2 Å². The normalized spacial score (nSPS) is 18.4. The molecule has 0 saturated carbocycles. The second-order valence-electron chi connectivity index (χ2n) is 14.3. The van der Waals surface area contributed by atoms with Gasteiger partial charge < -0.3 is 14.0 Å². The van der Waals surface area contributed by atoms with Crippen molar-refractivity contribution in [3.8, 4) is 0 Å². The van der Waals surface area contributed by atoms with Crippen LogP contribution in [0.25, 0.3) is 0 Å². The molecule has 0 radical (unpaired) electrons. The Labute approximate surface area is 289 Å². The largest absolute Gasteiger partial charge is 0.355 e. The van der Waals surface area contributed by atoms with Gasteiger partial charge in [0.15, 0.2) is 5.12 Å². The molecule has 1 heterocycles. The Morgan fingerprint density at radius 1 is 0.667 bits per heavy atom. The molecule has 45 heavy (non-hydrogen) atoms. The predicted molar refractivity (Wildman–Crippen MR) is 203 cm³/mol. The van der Waals surface area contributed by atoms with Crippen LogP contribution in [0.4, 0.5) is 0 Å². The molecular formula is C39H79NO3SSi. The van der Waals surface area contributed by atoms with Gasteiger partial charge in [0.25, 0.3) is 0 Å². The number of ether oxygens (including phenoxy) is 2. The van der Waals surface area contributed by atoms with Gasteiger partial charge in [-0.2, -0.15) is 0 Å². The van der Waals surface area contributed by atoms with Gasteiger partial charge in [0.1, 0.15) is 6.79 Å². The summed E-state index contributed by atoms with van der Waals surface area (Å²) in [6.45, 7) is 7.05. The first-order valence-electron chi connectivity index (χ1n) is 20.2. The summed E-state index contributed by atoms with van der Waals surface area (Å²) in [7, 11) is 2.11. The summed E-state index contributed by atoms with van der Waals surface area (Å²) in [6.07, 6.45) is 38.5. The minimum absolute atomic E-state index is 0.207. The molecular weight excluding hydrogens is 591 g/mol. The van der Waals surface area contributed by atoms with Crippen molar-refractivity contribution in [1.29, 1.82) is 0 Å². The van der Waals surface area contributed by atoms with Crippen molar-refractivity contribution >= 4 is 26.6 Å². The topological polar surface area (TPSA) is 38.8 Å². The van der Waals surface area contributed by atoms with E-state index in [4.69, 9.17) is 9.47 Å². The van der Waals surface area contributed by atoms with Gasteiger partial charge in [-0.1, -0.05) is 167 Å². The Bertz CT molecular complexity index is 625. The summed E-state index contributed by atoms with van der Waals surface area (Å²) in [5.41, 5.74) is 0.853. The molecule has 4 nitrogen and oxygen atoms in total. The van der Waals surface area contributed by atoms with Crippen molar-refractivity contribution in [3.05, 3.63) is 0 Å². The van der Waals surface area contributed by atoms with E-state index in [0.717, 1.165) is 43.7 Å². The molecule has 1 saturated heterocycles. The number of rotatable bonds is 32. The lowest BCUT2D eigenvalue weighted by Gasteiger charge is -2.30. The van der Waals surface area contributed by atoms with Crippen LogP contribution in [0, 0.1) is 0 Å². The molecule has 1 rings (SSSR count). The van der Waals surface area contributed by atoms with Crippen molar-refractivity contribution in [2.24, 2.45) is 0 Å². The summed E-state index contributed by atoms with van der Waals surface area (Å²) >= 11 is 1.61. The van der Waals surface area contributed by atoms with E-state index in [-0.39, 0.29) is 9.68 Å². The minimum Gasteiger partial charge on any atom is -0.355 e. The fourth-order valence-electron chi connectivity index (χ4n) is 6.77. The maximum Gasteiger partial charge on any atom is 0.188 e. The van der Waals surface area contributed by atoms with Crippen molar-refractivity contribution in [3.63, 3.8) is 0 Å². The highest BCUT2D eigenvalue weighted by atomic mass is 32.2. The molecule has 0 bridgehead atoms. The van der Waals surface area contributed by atoms with Gasteiger partial charge in [-0.25, -0.2) is 0 Å². The number of unbranched alkanes of at least 4 members (excludes halogenated alkanes) is 21. The maximum atomic E-state index is 12.4. The number of nitrogens with zero attached hydrogens (tertiary/aromatic N) is 1. The number of hydrogen-bond donors (Lipinski definition) is 0. The zero-order valence-corrected chi connectivity index (χ0v) is 33.0. The molecule has 0 amide bonds. The Morgan fingerprint density at radius 2 is 1.18 bits per heavy atom. The van der Waals surface area contributed by atoms with Gasteiger partial charge in [-0.15, -0.1) is 0 Å². The van der Waals surface area contributed by atoms with Crippen LogP contribution >= 0.6 is 11.8 Å². The first kappa shape index (κ1) is 43.1. The van der Waals surface area contributed by atoms with E-state index >= 15 is 0 Å². The first-order chi connectivity index (χ1) is 22.2. The third-order valence-corrected chi connectivity index (χ3v) is 13.1. The Balaban J connectivity index is 1.96. The predicted octanol–water partition coefficient (Wildman–Crippen LogP) is 11.8. The van der Waals surface area contributed by atoms with Gasteiger partial charge in [-0.3, -0.25) is 4.79 Å². The number of carbonyl (C=O) groups is 1. The molecule has 0 aromatic rings. The zero-order chi connectivity index (χ0) is 32.5. The van der Waals surface area contributed by atoms with Crippen LogP contribution in [0.15, 0.2) is 0 Å². The molecule has 0 N–H and O–H groups in total. The highest BCUT2D eigenvalue weighted by molar-refractivity contribution is 8.13. The summed E-state index contributed by atoms with van der Waals surface area (Å²) in [5, 5.41) is 0.427. The molecule has 1 fully saturated rings. The van der Waals surface area contributed by atoms with Gasteiger partial charge >= 0.3 is 0 Å². The maximum absolute atomic E-state index is 12.4. The fraction of sp³-hybridized carbons (Fsp3) is 0.974. The van der Waals surface area contributed by atoms with Crippen LogP contribution in [-0.2, 0) is 14.3 Å². The molecule has 1 aliphatic heterocycles. The van der Waals surface area contributed by atoms with E-state index < -0.39 is 0 Å². The molecule has 0 aliphatic carbocycles. The molecule has 6 heteroatoms. The molecule has 1 aliphatic rings. The molecule has 268 valence electrons.